The van der Waals surface area contributed by atoms with Crippen LogP contribution in [0.5, 0.6) is 0 Å². The summed E-state index contributed by atoms with van der Waals surface area (Å²) >= 11 is 3.37. The van der Waals surface area contributed by atoms with E-state index in [4.69, 9.17) is 5.73 Å². The molecule has 2 rings (SSSR count). The molecular weight excluding hydrogens is 368 g/mol. The molecule has 0 unspecified atom stereocenters. The normalized spacial score (nSPS) is 16.5. The van der Waals surface area contributed by atoms with Crippen molar-refractivity contribution in [3.63, 3.8) is 0 Å². The minimum atomic E-state index is -0.0650. The molecule has 6 heteroatoms. The Morgan fingerprint density at radius 3 is 2.71 bits per heavy atom. The SMILES string of the molecule is NC(=NCCCNC(=O)c1cccc(Br)c1)NC1CCCCCC1. The molecule has 0 aromatic heterocycles. The zero-order valence-electron chi connectivity index (χ0n) is 14.1. The number of guanidine groups is 1. The molecule has 132 valence electrons. The van der Waals surface area contributed by atoms with Gasteiger partial charge in [-0.3, -0.25) is 9.79 Å². The summed E-state index contributed by atoms with van der Waals surface area (Å²) in [6.07, 6.45) is 8.32. The molecule has 0 spiro atoms. The summed E-state index contributed by atoms with van der Waals surface area (Å²) in [6.45, 7) is 1.20. The highest BCUT2D eigenvalue weighted by molar-refractivity contribution is 9.10. The largest absolute Gasteiger partial charge is 0.370 e. The molecule has 1 amide bonds. The Morgan fingerprint density at radius 2 is 2.00 bits per heavy atom. The molecule has 1 saturated carbocycles. The van der Waals surface area contributed by atoms with Gasteiger partial charge in [-0.05, 0) is 37.5 Å². The van der Waals surface area contributed by atoms with E-state index >= 15 is 0 Å². The lowest BCUT2D eigenvalue weighted by Crippen LogP contribution is -2.40. The summed E-state index contributed by atoms with van der Waals surface area (Å²) in [5, 5.41) is 6.23. The van der Waals surface area contributed by atoms with E-state index in [0.717, 1.165) is 10.9 Å². The van der Waals surface area contributed by atoms with Gasteiger partial charge in [0.25, 0.3) is 5.91 Å². The first-order valence-electron chi connectivity index (χ1n) is 8.75. The number of aliphatic imine (C=N–C) groups is 1. The molecule has 1 fully saturated rings. The Hall–Kier alpha value is -1.56. The summed E-state index contributed by atoms with van der Waals surface area (Å²) in [7, 11) is 0. The Morgan fingerprint density at radius 1 is 1.25 bits per heavy atom. The van der Waals surface area contributed by atoms with Crippen LogP contribution in [0.4, 0.5) is 0 Å². The molecule has 1 aromatic rings. The number of benzene rings is 1. The van der Waals surface area contributed by atoms with Crippen LogP contribution < -0.4 is 16.4 Å². The standard InChI is InChI=1S/C18H27BrN4O/c19-15-8-5-7-14(13-15)17(24)21-11-6-12-22-18(20)23-16-9-3-1-2-4-10-16/h5,7-8,13,16H,1-4,6,9-12H2,(H,21,24)(H3,20,22,23). The van der Waals surface area contributed by atoms with Crippen molar-refractivity contribution in [2.45, 2.75) is 51.0 Å². The number of carbonyl (C=O) groups excluding carboxylic acids is 1. The summed E-state index contributed by atoms with van der Waals surface area (Å²) < 4.78 is 0.900. The molecule has 0 aliphatic heterocycles. The van der Waals surface area contributed by atoms with E-state index in [0.29, 0.717) is 30.7 Å². The molecular formula is C18H27BrN4O. The van der Waals surface area contributed by atoms with Gasteiger partial charge in [-0.15, -0.1) is 0 Å². The maximum absolute atomic E-state index is 12.0. The quantitative estimate of drug-likeness (QED) is 0.300. The first kappa shape index (κ1) is 18.8. The second-order valence-corrected chi connectivity index (χ2v) is 7.14. The van der Waals surface area contributed by atoms with Crippen molar-refractivity contribution < 1.29 is 4.79 Å². The molecule has 4 N–H and O–H groups in total. The second-order valence-electron chi connectivity index (χ2n) is 6.22. The Bertz CT molecular complexity index is 554. The minimum absolute atomic E-state index is 0.0650. The van der Waals surface area contributed by atoms with Crippen molar-refractivity contribution >= 4 is 27.8 Å². The van der Waals surface area contributed by atoms with Gasteiger partial charge in [-0.2, -0.15) is 0 Å². The third-order valence-corrected chi connectivity index (χ3v) is 4.69. The van der Waals surface area contributed by atoms with E-state index in [1.807, 2.05) is 18.2 Å². The van der Waals surface area contributed by atoms with Crippen LogP contribution in [0.25, 0.3) is 0 Å². The highest BCUT2D eigenvalue weighted by Crippen LogP contribution is 2.16. The van der Waals surface area contributed by atoms with Crippen molar-refractivity contribution in [3.05, 3.63) is 34.3 Å². The number of nitrogens with two attached hydrogens (primary N) is 1. The molecule has 1 aliphatic carbocycles. The lowest BCUT2D eigenvalue weighted by Gasteiger charge is -2.16. The van der Waals surface area contributed by atoms with Gasteiger partial charge in [-0.25, -0.2) is 0 Å². The molecule has 0 radical (unpaired) electrons. The van der Waals surface area contributed by atoms with Gasteiger partial charge in [-0.1, -0.05) is 47.7 Å². The fourth-order valence-corrected chi connectivity index (χ4v) is 3.29. The topological polar surface area (TPSA) is 79.5 Å². The molecule has 0 heterocycles. The summed E-state index contributed by atoms with van der Waals surface area (Å²) in [6, 6.07) is 7.82. The zero-order valence-corrected chi connectivity index (χ0v) is 15.6. The van der Waals surface area contributed by atoms with Crippen LogP contribution in [0, 0.1) is 0 Å². The maximum atomic E-state index is 12.0. The number of hydrogen-bond donors (Lipinski definition) is 3. The van der Waals surface area contributed by atoms with Gasteiger partial charge < -0.3 is 16.4 Å². The van der Waals surface area contributed by atoms with E-state index < -0.39 is 0 Å². The van der Waals surface area contributed by atoms with Gasteiger partial charge in [0, 0.05) is 29.2 Å². The van der Waals surface area contributed by atoms with Crippen LogP contribution in [0.1, 0.15) is 55.3 Å². The molecule has 0 saturated heterocycles. The molecule has 24 heavy (non-hydrogen) atoms. The Kier molecular flexibility index (Phi) is 8.08. The number of halogens is 1. The number of amides is 1. The van der Waals surface area contributed by atoms with Gasteiger partial charge >= 0.3 is 0 Å². The number of carbonyl (C=O) groups is 1. The lowest BCUT2D eigenvalue weighted by molar-refractivity contribution is 0.0953. The average molecular weight is 395 g/mol. The van der Waals surface area contributed by atoms with E-state index in [1.165, 1.54) is 38.5 Å². The van der Waals surface area contributed by atoms with Crippen LogP contribution in [0.15, 0.2) is 33.7 Å². The third kappa shape index (κ3) is 6.91. The van der Waals surface area contributed by atoms with Gasteiger partial charge in [0.15, 0.2) is 5.96 Å². The van der Waals surface area contributed by atoms with Gasteiger partial charge in [0.2, 0.25) is 0 Å². The van der Waals surface area contributed by atoms with E-state index in [-0.39, 0.29) is 5.91 Å². The van der Waals surface area contributed by atoms with Crippen LogP contribution in [0.2, 0.25) is 0 Å². The highest BCUT2D eigenvalue weighted by Gasteiger charge is 2.12. The van der Waals surface area contributed by atoms with Crippen LogP contribution in [-0.2, 0) is 0 Å². The fourth-order valence-electron chi connectivity index (χ4n) is 2.89. The van der Waals surface area contributed by atoms with E-state index in [1.54, 1.807) is 6.07 Å². The Labute approximate surface area is 152 Å². The first-order chi connectivity index (χ1) is 11.6. The van der Waals surface area contributed by atoms with Crippen molar-refractivity contribution in [2.75, 3.05) is 13.1 Å². The zero-order chi connectivity index (χ0) is 17.2. The monoisotopic (exact) mass is 394 g/mol. The highest BCUT2D eigenvalue weighted by atomic mass is 79.9. The predicted molar refractivity (Wildman–Crippen MR) is 102 cm³/mol. The average Bonchev–Trinajstić information content (AvgIpc) is 2.83. The first-order valence-corrected chi connectivity index (χ1v) is 9.54. The number of hydrogen-bond acceptors (Lipinski definition) is 2. The number of nitrogens with one attached hydrogen (secondary N) is 2. The predicted octanol–water partition coefficient (Wildman–Crippen LogP) is 3.20. The van der Waals surface area contributed by atoms with Crippen molar-refractivity contribution in [2.24, 2.45) is 10.7 Å². The van der Waals surface area contributed by atoms with Crippen LogP contribution in [-0.4, -0.2) is 31.0 Å². The van der Waals surface area contributed by atoms with E-state index in [9.17, 15) is 4.79 Å². The number of nitrogens with zero attached hydrogens (tertiary/aromatic N) is 1. The second kappa shape index (κ2) is 10.3. The molecule has 5 nitrogen and oxygen atoms in total. The van der Waals surface area contributed by atoms with Crippen LogP contribution in [0.3, 0.4) is 0 Å². The van der Waals surface area contributed by atoms with Crippen LogP contribution >= 0.6 is 15.9 Å². The molecule has 0 atom stereocenters. The van der Waals surface area contributed by atoms with Gasteiger partial charge in [0.1, 0.15) is 0 Å². The molecule has 1 aromatic carbocycles. The smallest absolute Gasteiger partial charge is 0.251 e. The van der Waals surface area contributed by atoms with Crippen molar-refractivity contribution in [3.8, 4) is 0 Å². The molecule has 1 aliphatic rings. The summed E-state index contributed by atoms with van der Waals surface area (Å²) in [5.74, 6) is 0.463. The van der Waals surface area contributed by atoms with Crippen molar-refractivity contribution in [1.82, 2.24) is 10.6 Å². The minimum Gasteiger partial charge on any atom is -0.370 e. The summed E-state index contributed by atoms with van der Waals surface area (Å²) in [4.78, 5) is 16.3. The molecule has 0 bridgehead atoms. The maximum Gasteiger partial charge on any atom is 0.251 e. The third-order valence-electron chi connectivity index (χ3n) is 4.20. The summed E-state index contributed by atoms with van der Waals surface area (Å²) in [5.41, 5.74) is 6.61. The van der Waals surface area contributed by atoms with Crippen molar-refractivity contribution in [1.29, 1.82) is 0 Å². The fraction of sp³-hybridized carbons (Fsp3) is 0.556. The number of rotatable bonds is 6. The Balaban J connectivity index is 1.63. The van der Waals surface area contributed by atoms with Gasteiger partial charge in [0.05, 0.1) is 0 Å². The van der Waals surface area contributed by atoms with E-state index in [2.05, 4.69) is 31.6 Å². The lowest BCUT2D eigenvalue weighted by atomic mass is 10.1.